The molecule has 1 aromatic rings. The summed E-state index contributed by atoms with van der Waals surface area (Å²) in [5, 5.41) is 0. The second-order valence-electron chi connectivity index (χ2n) is 6.17. The molecule has 0 amide bonds. The van der Waals surface area contributed by atoms with Gasteiger partial charge in [0.25, 0.3) is 0 Å². The van der Waals surface area contributed by atoms with Gasteiger partial charge in [-0.25, -0.2) is 0 Å². The van der Waals surface area contributed by atoms with Gasteiger partial charge in [0.05, 0.1) is 11.7 Å². The standard InChI is InChI=1S/C16H26N2O/c1-13-10-18(12-16(2,3)19-13)11-15-7-5-4-6-14(15)8-9-17/h4-7,13H,8-12,17H2,1-3H3. The van der Waals surface area contributed by atoms with Crippen LogP contribution in [0.4, 0.5) is 0 Å². The van der Waals surface area contributed by atoms with Gasteiger partial charge in [0.1, 0.15) is 0 Å². The summed E-state index contributed by atoms with van der Waals surface area (Å²) in [6.07, 6.45) is 1.25. The average molecular weight is 262 g/mol. The third-order valence-corrected chi connectivity index (χ3v) is 3.57. The summed E-state index contributed by atoms with van der Waals surface area (Å²) in [5.74, 6) is 0. The fraction of sp³-hybridized carbons (Fsp3) is 0.625. The molecule has 3 heteroatoms. The first-order chi connectivity index (χ1) is 9.00. The van der Waals surface area contributed by atoms with E-state index >= 15 is 0 Å². The zero-order valence-electron chi connectivity index (χ0n) is 12.4. The zero-order valence-corrected chi connectivity index (χ0v) is 12.4. The maximum atomic E-state index is 5.96. The highest BCUT2D eigenvalue weighted by Crippen LogP contribution is 2.23. The molecule has 0 saturated carbocycles. The van der Waals surface area contributed by atoms with E-state index in [2.05, 4.69) is 49.9 Å². The van der Waals surface area contributed by atoms with Crippen LogP contribution in [0.2, 0.25) is 0 Å². The molecule has 0 spiro atoms. The van der Waals surface area contributed by atoms with Crippen LogP contribution in [0.25, 0.3) is 0 Å². The fourth-order valence-electron chi connectivity index (χ4n) is 3.06. The molecule has 1 aliphatic heterocycles. The van der Waals surface area contributed by atoms with E-state index in [-0.39, 0.29) is 5.60 Å². The summed E-state index contributed by atoms with van der Waals surface area (Å²) in [7, 11) is 0. The van der Waals surface area contributed by atoms with E-state index in [1.54, 1.807) is 0 Å². The molecule has 1 heterocycles. The largest absolute Gasteiger partial charge is 0.370 e. The molecule has 19 heavy (non-hydrogen) atoms. The molecule has 0 aromatic heterocycles. The number of nitrogens with zero attached hydrogens (tertiary/aromatic N) is 1. The van der Waals surface area contributed by atoms with E-state index in [0.29, 0.717) is 12.6 Å². The predicted octanol–water partition coefficient (Wildman–Crippen LogP) is 2.19. The van der Waals surface area contributed by atoms with Crippen molar-refractivity contribution in [2.24, 2.45) is 5.73 Å². The van der Waals surface area contributed by atoms with Crippen molar-refractivity contribution in [2.45, 2.75) is 45.4 Å². The molecule has 1 saturated heterocycles. The minimum Gasteiger partial charge on any atom is -0.370 e. The van der Waals surface area contributed by atoms with Crippen LogP contribution in [0.5, 0.6) is 0 Å². The van der Waals surface area contributed by atoms with Crippen LogP contribution < -0.4 is 5.73 Å². The minimum atomic E-state index is -0.0551. The molecular weight excluding hydrogens is 236 g/mol. The van der Waals surface area contributed by atoms with Gasteiger partial charge in [-0.2, -0.15) is 0 Å². The molecular formula is C16H26N2O. The minimum absolute atomic E-state index is 0.0551. The SMILES string of the molecule is CC1CN(Cc2ccccc2CCN)CC(C)(C)O1. The smallest absolute Gasteiger partial charge is 0.0757 e. The molecule has 2 N–H and O–H groups in total. The van der Waals surface area contributed by atoms with Gasteiger partial charge in [-0.15, -0.1) is 0 Å². The topological polar surface area (TPSA) is 38.5 Å². The number of ether oxygens (including phenoxy) is 1. The van der Waals surface area contributed by atoms with E-state index in [0.717, 1.165) is 26.1 Å². The highest BCUT2D eigenvalue weighted by Gasteiger charge is 2.31. The number of hydrogen-bond acceptors (Lipinski definition) is 3. The summed E-state index contributed by atoms with van der Waals surface area (Å²) in [6, 6.07) is 8.63. The van der Waals surface area contributed by atoms with Crippen molar-refractivity contribution in [3.63, 3.8) is 0 Å². The van der Waals surface area contributed by atoms with Crippen LogP contribution in [0.15, 0.2) is 24.3 Å². The van der Waals surface area contributed by atoms with Crippen molar-refractivity contribution in [2.75, 3.05) is 19.6 Å². The Hall–Kier alpha value is -0.900. The Morgan fingerprint density at radius 3 is 2.63 bits per heavy atom. The molecule has 1 aliphatic rings. The second-order valence-corrected chi connectivity index (χ2v) is 6.17. The first-order valence-corrected chi connectivity index (χ1v) is 7.17. The lowest BCUT2D eigenvalue weighted by Gasteiger charge is -2.42. The summed E-state index contributed by atoms with van der Waals surface area (Å²) in [5.41, 5.74) is 8.42. The molecule has 1 unspecified atom stereocenters. The quantitative estimate of drug-likeness (QED) is 0.904. The van der Waals surface area contributed by atoms with Crippen LogP contribution in [0.3, 0.4) is 0 Å². The Balaban J connectivity index is 2.08. The Bertz CT molecular complexity index is 417. The van der Waals surface area contributed by atoms with Crippen molar-refractivity contribution in [1.29, 1.82) is 0 Å². The molecule has 106 valence electrons. The van der Waals surface area contributed by atoms with E-state index < -0.39 is 0 Å². The highest BCUT2D eigenvalue weighted by molar-refractivity contribution is 5.27. The lowest BCUT2D eigenvalue weighted by molar-refractivity contribution is -0.130. The van der Waals surface area contributed by atoms with Crippen LogP contribution in [-0.2, 0) is 17.7 Å². The molecule has 3 nitrogen and oxygen atoms in total. The third kappa shape index (κ3) is 4.03. The van der Waals surface area contributed by atoms with Gasteiger partial charge in [0.2, 0.25) is 0 Å². The van der Waals surface area contributed by atoms with Crippen molar-refractivity contribution in [3.05, 3.63) is 35.4 Å². The molecule has 0 aliphatic carbocycles. The van der Waals surface area contributed by atoms with E-state index in [1.165, 1.54) is 11.1 Å². The van der Waals surface area contributed by atoms with Crippen LogP contribution in [0.1, 0.15) is 31.9 Å². The Kier molecular flexibility index (Phi) is 4.61. The highest BCUT2D eigenvalue weighted by atomic mass is 16.5. The maximum Gasteiger partial charge on any atom is 0.0757 e. The second kappa shape index (κ2) is 6.04. The number of nitrogens with two attached hydrogens (primary N) is 1. The van der Waals surface area contributed by atoms with Crippen LogP contribution in [-0.4, -0.2) is 36.2 Å². The first kappa shape index (κ1) is 14.5. The van der Waals surface area contributed by atoms with Gasteiger partial charge >= 0.3 is 0 Å². The average Bonchev–Trinajstić information content (AvgIpc) is 2.29. The summed E-state index contributed by atoms with van der Waals surface area (Å²) < 4.78 is 5.96. The number of rotatable bonds is 4. The van der Waals surface area contributed by atoms with E-state index in [4.69, 9.17) is 10.5 Å². The molecule has 0 radical (unpaired) electrons. The Labute approximate surface area is 116 Å². The molecule has 1 aromatic carbocycles. The normalized spacial score (nSPS) is 23.5. The van der Waals surface area contributed by atoms with Crippen molar-refractivity contribution in [3.8, 4) is 0 Å². The molecule has 2 rings (SSSR count). The van der Waals surface area contributed by atoms with Gasteiger partial charge in [-0.3, -0.25) is 4.90 Å². The van der Waals surface area contributed by atoms with E-state index in [1.807, 2.05) is 0 Å². The van der Waals surface area contributed by atoms with Gasteiger partial charge in [-0.05, 0) is 44.9 Å². The summed E-state index contributed by atoms with van der Waals surface area (Å²) in [4.78, 5) is 2.49. The maximum absolute atomic E-state index is 5.96. The van der Waals surface area contributed by atoms with Gasteiger partial charge in [-0.1, -0.05) is 24.3 Å². The summed E-state index contributed by atoms with van der Waals surface area (Å²) >= 11 is 0. The lowest BCUT2D eigenvalue weighted by atomic mass is 10.0. The monoisotopic (exact) mass is 262 g/mol. The predicted molar refractivity (Wildman–Crippen MR) is 79.1 cm³/mol. The van der Waals surface area contributed by atoms with Crippen molar-refractivity contribution in [1.82, 2.24) is 4.90 Å². The fourth-order valence-corrected chi connectivity index (χ4v) is 3.06. The molecule has 0 bridgehead atoms. The van der Waals surface area contributed by atoms with Crippen molar-refractivity contribution < 1.29 is 4.74 Å². The summed E-state index contributed by atoms with van der Waals surface area (Å²) in [6.45, 7) is 10.2. The lowest BCUT2D eigenvalue weighted by Crippen LogP contribution is -2.51. The van der Waals surface area contributed by atoms with E-state index in [9.17, 15) is 0 Å². The molecule has 1 fully saturated rings. The number of hydrogen-bond donors (Lipinski definition) is 1. The van der Waals surface area contributed by atoms with Gasteiger partial charge in [0.15, 0.2) is 0 Å². The van der Waals surface area contributed by atoms with Gasteiger partial charge < -0.3 is 10.5 Å². The van der Waals surface area contributed by atoms with Crippen molar-refractivity contribution >= 4 is 0 Å². The Morgan fingerprint density at radius 1 is 1.32 bits per heavy atom. The van der Waals surface area contributed by atoms with Gasteiger partial charge in [0, 0.05) is 19.6 Å². The molecule has 1 atom stereocenters. The van der Waals surface area contributed by atoms with Crippen LogP contribution in [0, 0.1) is 0 Å². The first-order valence-electron chi connectivity index (χ1n) is 7.17. The van der Waals surface area contributed by atoms with Crippen LogP contribution >= 0.6 is 0 Å². The number of benzene rings is 1. The third-order valence-electron chi connectivity index (χ3n) is 3.57. The zero-order chi connectivity index (χ0) is 13.9. The number of morpholine rings is 1. The Morgan fingerprint density at radius 2 is 2.00 bits per heavy atom.